The molecule has 0 aromatic heterocycles. The topological polar surface area (TPSA) is 86.7 Å². The molecule has 4 aliphatic rings. The van der Waals surface area contributed by atoms with Gasteiger partial charge in [-0.15, -0.1) is 6.58 Å². The maximum absolute atomic E-state index is 12.2. The lowest BCUT2D eigenvalue weighted by Crippen LogP contribution is -2.51. The van der Waals surface area contributed by atoms with E-state index < -0.39 is 29.3 Å². The Kier molecular flexibility index (Phi) is 3.02. The number of allylic oxidation sites excluding steroid dienone is 1. The van der Waals surface area contributed by atoms with E-state index in [2.05, 4.69) is 6.58 Å². The molecular formula is C17H18O6. The van der Waals surface area contributed by atoms with Crippen molar-refractivity contribution in [3.63, 3.8) is 0 Å². The lowest BCUT2D eigenvalue weighted by molar-refractivity contribution is -0.180. The van der Waals surface area contributed by atoms with Crippen molar-refractivity contribution >= 4 is 23.9 Å². The third-order valence-electron chi connectivity index (χ3n) is 6.33. The van der Waals surface area contributed by atoms with E-state index in [0.717, 1.165) is 0 Å². The van der Waals surface area contributed by atoms with Gasteiger partial charge in [0, 0.05) is 5.41 Å². The van der Waals surface area contributed by atoms with E-state index >= 15 is 0 Å². The van der Waals surface area contributed by atoms with Gasteiger partial charge < -0.3 is 9.47 Å². The summed E-state index contributed by atoms with van der Waals surface area (Å²) < 4.78 is 9.59. The molecule has 2 saturated heterocycles. The molecule has 0 bridgehead atoms. The fraction of sp³-hybridized carbons (Fsp3) is 0.647. The molecule has 2 heterocycles. The average molecular weight is 318 g/mol. The van der Waals surface area contributed by atoms with Gasteiger partial charge in [-0.1, -0.05) is 6.08 Å². The van der Waals surface area contributed by atoms with Crippen molar-refractivity contribution in [3.05, 3.63) is 12.7 Å². The zero-order chi connectivity index (χ0) is 16.4. The van der Waals surface area contributed by atoms with Crippen LogP contribution in [0.15, 0.2) is 12.7 Å². The molecular weight excluding hydrogens is 300 g/mol. The standard InChI is InChI=1S/C17H18O6/c1-2-17-6-9-4-11-10(14(19)23-15(11)20)3-8(9)5-12(17)16(21)22-13(18)7-17/h2,8-12H,1,3-7H2. The normalized spacial score (nSPS) is 45.5. The second-order valence-electron chi connectivity index (χ2n) is 7.34. The molecule has 4 rings (SSSR count). The van der Waals surface area contributed by atoms with Crippen molar-refractivity contribution in [2.24, 2.45) is 35.0 Å². The maximum Gasteiger partial charge on any atom is 0.317 e. The first kappa shape index (κ1) is 14.6. The molecule has 23 heavy (non-hydrogen) atoms. The molecule has 122 valence electrons. The molecule has 0 amide bonds. The zero-order valence-electron chi connectivity index (χ0n) is 12.7. The van der Waals surface area contributed by atoms with Crippen molar-refractivity contribution in [3.8, 4) is 0 Å². The first-order valence-corrected chi connectivity index (χ1v) is 8.07. The van der Waals surface area contributed by atoms with Crippen LogP contribution in [0.1, 0.15) is 32.1 Å². The van der Waals surface area contributed by atoms with Gasteiger partial charge in [-0.25, -0.2) is 0 Å². The third-order valence-corrected chi connectivity index (χ3v) is 6.33. The Balaban J connectivity index is 1.64. The number of fused-ring (bicyclic) bond motifs is 3. The Bertz CT molecular complexity index is 637. The predicted molar refractivity (Wildman–Crippen MR) is 75.4 cm³/mol. The van der Waals surface area contributed by atoms with Crippen molar-refractivity contribution in [1.82, 2.24) is 0 Å². The number of rotatable bonds is 1. The van der Waals surface area contributed by atoms with E-state index in [9.17, 15) is 19.2 Å². The van der Waals surface area contributed by atoms with Gasteiger partial charge in [-0.05, 0) is 37.5 Å². The van der Waals surface area contributed by atoms with Crippen molar-refractivity contribution < 1.29 is 28.7 Å². The number of ether oxygens (including phenoxy) is 2. The van der Waals surface area contributed by atoms with Crippen LogP contribution in [0.3, 0.4) is 0 Å². The van der Waals surface area contributed by atoms with Gasteiger partial charge in [-0.2, -0.15) is 0 Å². The van der Waals surface area contributed by atoms with E-state index in [1.165, 1.54) is 0 Å². The molecule has 4 fully saturated rings. The van der Waals surface area contributed by atoms with Gasteiger partial charge in [-0.3, -0.25) is 19.2 Å². The summed E-state index contributed by atoms with van der Waals surface area (Å²) in [5, 5.41) is 0. The average Bonchev–Trinajstić information content (AvgIpc) is 2.77. The molecule has 0 spiro atoms. The Morgan fingerprint density at radius 1 is 0.913 bits per heavy atom. The van der Waals surface area contributed by atoms with Crippen LogP contribution in [0.4, 0.5) is 0 Å². The molecule has 6 nitrogen and oxygen atoms in total. The second-order valence-corrected chi connectivity index (χ2v) is 7.34. The van der Waals surface area contributed by atoms with Gasteiger partial charge in [0.25, 0.3) is 0 Å². The second kappa shape index (κ2) is 4.76. The highest BCUT2D eigenvalue weighted by atomic mass is 16.6. The first-order valence-electron chi connectivity index (χ1n) is 8.07. The minimum absolute atomic E-state index is 0.160. The molecule has 2 saturated carbocycles. The van der Waals surface area contributed by atoms with Crippen LogP contribution in [-0.4, -0.2) is 23.9 Å². The van der Waals surface area contributed by atoms with E-state index in [1.54, 1.807) is 6.08 Å². The molecule has 2 aliphatic carbocycles. The molecule has 0 aromatic carbocycles. The Labute approximate surface area is 133 Å². The van der Waals surface area contributed by atoms with Crippen LogP contribution >= 0.6 is 0 Å². The van der Waals surface area contributed by atoms with Gasteiger partial charge in [0.2, 0.25) is 0 Å². The number of hydrogen-bond acceptors (Lipinski definition) is 6. The van der Waals surface area contributed by atoms with Crippen molar-refractivity contribution in [2.45, 2.75) is 32.1 Å². The molecule has 0 aromatic rings. The summed E-state index contributed by atoms with van der Waals surface area (Å²) in [5.41, 5.74) is -0.576. The largest absolute Gasteiger partial charge is 0.393 e. The third kappa shape index (κ3) is 2.00. The molecule has 6 atom stereocenters. The highest BCUT2D eigenvalue weighted by Crippen LogP contribution is 2.57. The predicted octanol–water partition coefficient (Wildman–Crippen LogP) is 1.38. The van der Waals surface area contributed by atoms with Crippen LogP contribution in [0.5, 0.6) is 0 Å². The first-order chi connectivity index (χ1) is 10.9. The number of carbonyl (C=O) groups excluding carboxylic acids is 4. The monoisotopic (exact) mass is 318 g/mol. The van der Waals surface area contributed by atoms with Gasteiger partial charge in [0.1, 0.15) is 0 Å². The van der Waals surface area contributed by atoms with Gasteiger partial charge in [0.05, 0.1) is 24.2 Å². The van der Waals surface area contributed by atoms with Gasteiger partial charge >= 0.3 is 23.9 Å². The van der Waals surface area contributed by atoms with Crippen LogP contribution < -0.4 is 0 Å². The van der Waals surface area contributed by atoms with Crippen LogP contribution in [0.25, 0.3) is 0 Å². The molecule has 2 aliphatic heterocycles. The minimum atomic E-state index is -0.576. The maximum atomic E-state index is 12.2. The fourth-order valence-corrected chi connectivity index (χ4v) is 5.16. The zero-order valence-corrected chi connectivity index (χ0v) is 12.7. The number of cyclic esters (lactones) is 4. The lowest BCUT2D eigenvalue weighted by atomic mass is 9.52. The summed E-state index contributed by atoms with van der Waals surface area (Å²) in [4.78, 5) is 47.6. The molecule has 6 heteroatoms. The fourth-order valence-electron chi connectivity index (χ4n) is 5.16. The van der Waals surface area contributed by atoms with Crippen LogP contribution in [0.2, 0.25) is 0 Å². The SMILES string of the molecule is C=CC12CC(=O)OC(=O)C1CC1CC3C(=O)OC(=O)C3CC1C2. The highest BCUT2D eigenvalue weighted by Gasteiger charge is 2.58. The van der Waals surface area contributed by atoms with Crippen LogP contribution in [0, 0.1) is 35.0 Å². The van der Waals surface area contributed by atoms with E-state index in [1.807, 2.05) is 0 Å². The van der Waals surface area contributed by atoms with E-state index in [4.69, 9.17) is 9.47 Å². The quantitative estimate of drug-likeness (QED) is 0.412. The van der Waals surface area contributed by atoms with E-state index in [0.29, 0.717) is 25.7 Å². The van der Waals surface area contributed by atoms with Gasteiger partial charge in [0.15, 0.2) is 0 Å². The lowest BCUT2D eigenvalue weighted by Gasteiger charge is -2.51. The van der Waals surface area contributed by atoms with E-state index in [-0.39, 0.29) is 36.0 Å². The Hall–Kier alpha value is -1.98. The smallest absolute Gasteiger partial charge is 0.317 e. The molecule has 0 radical (unpaired) electrons. The highest BCUT2D eigenvalue weighted by molar-refractivity contribution is 5.96. The Morgan fingerprint density at radius 2 is 1.57 bits per heavy atom. The van der Waals surface area contributed by atoms with Crippen molar-refractivity contribution in [1.29, 1.82) is 0 Å². The number of carbonyl (C=O) groups is 4. The molecule has 6 unspecified atom stereocenters. The number of hydrogen-bond donors (Lipinski definition) is 0. The minimum Gasteiger partial charge on any atom is -0.393 e. The Morgan fingerprint density at radius 3 is 2.22 bits per heavy atom. The van der Waals surface area contributed by atoms with Crippen LogP contribution in [-0.2, 0) is 28.7 Å². The summed E-state index contributed by atoms with van der Waals surface area (Å²) in [6.07, 6.45) is 4.26. The summed E-state index contributed by atoms with van der Waals surface area (Å²) in [7, 11) is 0. The van der Waals surface area contributed by atoms with Crippen molar-refractivity contribution in [2.75, 3.05) is 0 Å². The molecule has 0 N–H and O–H groups in total. The summed E-state index contributed by atoms with van der Waals surface area (Å²) in [6, 6.07) is 0. The summed E-state index contributed by atoms with van der Waals surface area (Å²) in [6.45, 7) is 3.85. The summed E-state index contributed by atoms with van der Waals surface area (Å²) >= 11 is 0. The number of esters is 4. The summed E-state index contributed by atoms with van der Waals surface area (Å²) in [5.74, 6) is -2.59.